The molecular weight excluding hydrogens is 340 g/mol. The molecule has 0 spiro atoms. The summed E-state index contributed by atoms with van der Waals surface area (Å²) in [6, 6.07) is 11.8. The van der Waals surface area contributed by atoms with Crippen molar-refractivity contribution in [3.63, 3.8) is 0 Å². The molecule has 0 aliphatic carbocycles. The van der Waals surface area contributed by atoms with Gasteiger partial charge in [-0.2, -0.15) is 5.10 Å². The van der Waals surface area contributed by atoms with Gasteiger partial charge in [0.25, 0.3) is 0 Å². The van der Waals surface area contributed by atoms with Crippen molar-refractivity contribution in [2.75, 3.05) is 24.5 Å². The van der Waals surface area contributed by atoms with E-state index in [1.165, 1.54) is 0 Å². The van der Waals surface area contributed by atoms with Crippen molar-refractivity contribution in [2.45, 2.75) is 32.9 Å². The molecule has 2 aromatic rings. The van der Waals surface area contributed by atoms with Gasteiger partial charge in [-0.3, -0.25) is 14.5 Å². The lowest BCUT2D eigenvalue weighted by atomic mass is 10.2. The lowest BCUT2D eigenvalue weighted by Gasteiger charge is -2.19. The van der Waals surface area contributed by atoms with Crippen LogP contribution in [-0.4, -0.2) is 47.3 Å². The van der Waals surface area contributed by atoms with Gasteiger partial charge in [-0.25, -0.2) is 0 Å². The number of aromatic nitrogens is 2. The smallest absolute Gasteiger partial charge is 0.229 e. The molecule has 1 fully saturated rings. The van der Waals surface area contributed by atoms with Crippen molar-refractivity contribution in [2.24, 2.45) is 10.9 Å². The summed E-state index contributed by atoms with van der Waals surface area (Å²) in [6.07, 6.45) is 4.23. The monoisotopic (exact) mass is 368 g/mol. The highest BCUT2D eigenvalue weighted by molar-refractivity contribution is 5.97. The molecule has 144 valence electrons. The first-order valence-electron chi connectivity index (χ1n) is 9.53. The maximum atomic E-state index is 12.4. The van der Waals surface area contributed by atoms with Crippen molar-refractivity contribution >= 4 is 17.6 Å². The molecule has 2 unspecified atom stereocenters. The summed E-state index contributed by atoms with van der Waals surface area (Å²) >= 11 is 0. The van der Waals surface area contributed by atoms with Crippen LogP contribution in [0.4, 0.5) is 5.69 Å². The zero-order chi connectivity index (χ0) is 19.1. The van der Waals surface area contributed by atoms with Crippen molar-refractivity contribution in [3.8, 4) is 0 Å². The highest BCUT2D eigenvalue weighted by Gasteiger charge is 2.31. The number of anilines is 1. The average molecular weight is 368 g/mol. The number of benzene rings is 1. The molecule has 2 atom stereocenters. The lowest BCUT2D eigenvalue weighted by Crippen LogP contribution is -2.44. The van der Waals surface area contributed by atoms with E-state index in [-0.39, 0.29) is 11.9 Å². The fraction of sp³-hybridized carbons (Fsp3) is 0.450. The highest BCUT2D eigenvalue weighted by atomic mass is 16.2. The number of rotatable bonds is 7. The predicted molar refractivity (Wildman–Crippen MR) is 108 cm³/mol. The third-order valence-corrected chi connectivity index (χ3v) is 4.50. The zero-order valence-electron chi connectivity index (χ0n) is 16.0. The van der Waals surface area contributed by atoms with Gasteiger partial charge in [-0.1, -0.05) is 25.1 Å². The zero-order valence-corrected chi connectivity index (χ0v) is 16.0. The Morgan fingerprint density at radius 1 is 1.33 bits per heavy atom. The van der Waals surface area contributed by atoms with Crippen molar-refractivity contribution in [3.05, 3.63) is 48.8 Å². The fourth-order valence-corrected chi connectivity index (χ4v) is 3.21. The van der Waals surface area contributed by atoms with Crippen LogP contribution in [0.2, 0.25) is 0 Å². The summed E-state index contributed by atoms with van der Waals surface area (Å²) in [6.45, 7) is 7.15. The molecule has 1 amide bonds. The number of nitrogens with zero attached hydrogens (tertiary/aromatic N) is 4. The third kappa shape index (κ3) is 5.32. The maximum Gasteiger partial charge on any atom is 0.229 e. The molecule has 1 aliphatic rings. The molecular formula is C20H28N6O. The molecule has 1 aromatic heterocycles. The molecule has 0 bridgehead atoms. The molecule has 3 rings (SSSR count). The Kier molecular flexibility index (Phi) is 6.46. The van der Waals surface area contributed by atoms with E-state index >= 15 is 0 Å². The number of aliphatic imine (C=N–C) groups is 1. The maximum absolute atomic E-state index is 12.4. The van der Waals surface area contributed by atoms with E-state index in [0.29, 0.717) is 25.4 Å². The first-order chi connectivity index (χ1) is 13.2. The average Bonchev–Trinajstić information content (AvgIpc) is 3.30. The third-order valence-electron chi connectivity index (χ3n) is 4.50. The number of carbonyl (C=O) groups excluding carboxylic acids is 1. The minimum Gasteiger partial charge on any atom is -0.357 e. The Hall–Kier alpha value is -2.83. The van der Waals surface area contributed by atoms with Gasteiger partial charge < -0.3 is 15.5 Å². The van der Waals surface area contributed by atoms with E-state index < -0.39 is 0 Å². The van der Waals surface area contributed by atoms with Crippen LogP contribution in [-0.2, 0) is 11.3 Å². The summed E-state index contributed by atoms with van der Waals surface area (Å²) in [5.41, 5.74) is 0.946. The molecule has 2 N–H and O–H groups in total. The van der Waals surface area contributed by atoms with E-state index in [9.17, 15) is 4.79 Å². The Bertz CT molecular complexity index is 743. The summed E-state index contributed by atoms with van der Waals surface area (Å²) in [5.74, 6) is 1.27. The van der Waals surface area contributed by atoms with Gasteiger partial charge in [0.05, 0.1) is 6.04 Å². The molecule has 7 nitrogen and oxygen atoms in total. The number of carbonyl (C=O) groups is 1. The lowest BCUT2D eigenvalue weighted by molar-refractivity contribution is -0.117. The SMILES string of the molecule is CCNC(=NCC(C)Cn1cccn1)NC1CC(=O)N(c2ccccc2)C1. The number of hydrogen-bond donors (Lipinski definition) is 2. The van der Waals surface area contributed by atoms with Crippen LogP contribution < -0.4 is 15.5 Å². The number of para-hydroxylation sites is 1. The number of hydrogen-bond acceptors (Lipinski definition) is 3. The molecule has 7 heteroatoms. The van der Waals surface area contributed by atoms with Gasteiger partial charge in [0.15, 0.2) is 5.96 Å². The fourth-order valence-electron chi connectivity index (χ4n) is 3.21. The number of amides is 1. The van der Waals surface area contributed by atoms with Crippen molar-refractivity contribution < 1.29 is 4.79 Å². The van der Waals surface area contributed by atoms with Crippen LogP contribution in [0.5, 0.6) is 0 Å². The Labute approximate surface area is 160 Å². The minimum absolute atomic E-state index is 0.0527. The van der Waals surface area contributed by atoms with Gasteiger partial charge in [0, 0.05) is 50.7 Å². The quantitative estimate of drug-likeness (QED) is 0.578. The molecule has 1 aliphatic heterocycles. The second-order valence-electron chi connectivity index (χ2n) is 6.94. The normalized spacial score (nSPS) is 18.6. The van der Waals surface area contributed by atoms with Crippen LogP contribution in [0.25, 0.3) is 0 Å². The Morgan fingerprint density at radius 3 is 2.85 bits per heavy atom. The van der Waals surface area contributed by atoms with E-state index in [0.717, 1.165) is 24.7 Å². The van der Waals surface area contributed by atoms with Gasteiger partial charge in [-0.05, 0) is 31.0 Å². The number of nitrogens with one attached hydrogen (secondary N) is 2. The summed E-state index contributed by atoms with van der Waals surface area (Å²) in [4.78, 5) is 18.9. The highest BCUT2D eigenvalue weighted by Crippen LogP contribution is 2.20. The molecule has 1 aromatic carbocycles. The van der Waals surface area contributed by atoms with Crippen molar-refractivity contribution in [1.29, 1.82) is 0 Å². The van der Waals surface area contributed by atoms with Crippen LogP contribution in [0.15, 0.2) is 53.8 Å². The summed E-state index contributed by atoms with van der Waals surface area (Å²) < 4.78 is 1.92. The van der Waals surface area contributed by atoms with Crippen LogP contribution >= 0.6 is 0 Å². The standard InChI is InChI=1S/C20H28N6O/c1-3-21-20(22-13-16(2)14-25-11-7-10-23-25)24-17-12-19(27)26(15-17)18-8-5-4-6-9-18/h4-11,16-17H,3,12-15H2,1-2H3,(H2,21,22,24). The molecule has 2 heterocycles. The number of guanidine groups is 1. The van der Waals surface area contributed by atoms with E-state index in [4.69, 9.17) is 4.99 Å². The minimum atomic E-state index is 0.0527. The van der Waals surface area contributed by atoms with Crippen molar-refractivity contribution in [1.82, 2.24) is 20.4 Å². The van der Waals surface area contributed by atoms with Gasteiger partial charge in [0.1, 0.15) is 0 Å². The summed E-state index contributed by atoms with van der Waals surface area (Å²) in [7, 11) is 0. The largest absolute Gasteiger partial charge is 0.357 e. The van der Waals surface area contributed by atoms with Gasteiger partial charge in [0.2, 0.25) is 5.91 Å². The van der Waals surface area contributed by atoms with Crippen LogP contribution in [0.1, 0.15) is 20.3 Å². The van der Waals surface area contributed by atoms with Crippen LogP contribution in [0, 0.1) is 5.92 Å². The topological polar surface area (TPSA) is 74.5 Å². The Balaban J connectivity index is 1.56. The Morgan fingerprint density at radius 2 is 2.15 bits per heavy atom. The summed E-state index contributed by atoms with van der Waals surface area (Å²) in [5, 5.41) is 10.9. The second kappa shape index (κ2) is 9.21. The van der Waals surface area contributed by atoms with Crippen LogP contribution in [0.3, 0.4) is 0 Å². The molecule has 0 radical (unpaired) electrons. The van der Waals surface area contributed by atoms with Gasteiger partial charge in [-0.15, -0.1) is 0 Å². The first-order valence-corrected chi connectivity index (χ1v) is 9.53. The second-order valence-corrected chi connectivity index (χ2v) is 6.94. The molecule has 1 saturated heterocycles. The molecule has 0 saturated carbocycles. The van der Waals surface area contributed by atoms with E-state index in [1.807, 2.05) is 59.1 Å². The van der Waals surface area contributed by atoms with E-state index in [2.05, 4.69) is 22.7 Å². The van der Waals surface area contributed by atoms with Gasteiger partial charge >= 0.3 is 0 Å². The first kappa shape index (κ1) is 18.9. The predicted octanol–water partition coefficient (Wildman–Crippen LogP) is 1.88. The van der Waals surface area contributed by atoms with E-state index in [1.54, 1.807) is 6.20 Å². The molecule has 27 heavy (non-hydrogen) atoms.